The number of nitrogens with zero attached hydrogens (tertiary/aromatic N) is 2. The molecular formula is C11H14N2O6. The van der Waals surface area contributed by atoms with Crippen LogP contribution >= 0.6 is 0 Å². The van der Waals surface area contributed by atoms with E-state index in [1.807, 2.05) is 0 Å². The van der Waals surface area contributed by atoms with E-state index in [1.165, 1.54) is 13.2 Å². The molecule has 0 fully saturated rings. The Morgan fingerprint density at radius 1 is 1.42 bits per heavy atom. The van der Waals surface area contributed by atoms with Gasteiger partial charge in [-0.05, 0) is 13.0 Å². The zero-order chi connectivity index (χ0) is 14.4. The minimum atomic E-state index is -0.825. The van der Waals surface area contributed by atoms with Gasteiger partial charge in [-0.2, -0.15) is 0 Å². The molecule has 8 nitrogen and oxygen atoms in total. The van der Waals surface area contributed by atoms with Crippen LogP contribution in [-0.4, -0.2) is 35.8 Å². The number of ether oxygens (including phenoxy) is 2. The Morgan fingerprint density at radius 3 is 2.68 bits per heavy atom. The van der Waals surface area contributed by atoms with Gasteiger partial charge in [0.25, 0.3) is 0 Å². The lowest BCUT2D eigenvalue weighted by Gasteiger charge is -2.09. The topological polar surface area (TPSA) is 101 Å². The quantitative estimate of drug-likeness (QED) is 0.318. The molecule has 1 heterocycles. The zero-order valence-corrected chi connectivity index (χ0v) is 10.6. The van der Waals surface area contributed by atoms with Gasteiger partial charge in [0.1, 0.15) is 13.2 Å². The van der Waals surface area contributed by atoms with Crippen molar-refractivity contribution in [3.63, 3.8) is 0 Å². The van der Waals surface area contributed by atoms with Crippen LogP contribution in [0.2, 0.25) is 0 Å². The maximum Gasteiger partial charge on any atom is 0.334 e. The number of hydrogen-bond donors (Lipinski definition) is 0. The molecule has 0 radical (unpaired) electrons. The highest BCUT2D eigenvalue weighted by Gasteiger charge is 2.17. The fourth-order valence-corrected chi connectivity index (χ4v) is 1.41. The first kappa shape index (κ1) is 14.8. The van der Waals surface area contributed by atoms with E-state index in [9.17, 15) is 19.7 Å². The first-order valence-corrected chi connectivity index (χ1v) is 5.46. The van der Waals surface area contributed by atoms with Crippen LogP contribution in [0.5, 0.6) is 0 Å². The molecule has 0 aliphatic heterocycles. The molecule has 0 bridgehead atoms. The van der Waals surface area contributed by atoms with Gasteiger partial charge in [0.05, 0.1) is 11.5 Å². The number of esters is 1. The molecule has 1 aromatic rings. The number of rotatable bonds is 6. The first-order valence-electron chi connectivity index (χ1n) is 5.46. The third kappa shape index (κ3) is 3.88. The second-order valence-electron chi connectivity index (χ2n) is 3.72. The van der Waals surface area contributed by atoms with E-state index in [1.54, 1.807) is 6.92 Å². The normalized spacial score (nSPS) is 10.2. The summed E-state index contributed by atoms with van der Waals surface area (Å²) in [4.78, 5) is 33.1. The fourth-order valence-electron chi connectivity index (χ4n) is 1.41. The van der Waals surface area contributed by atoms with E-state index in [0.29, 0.717) is 5.69 Å². The predicted molar refractivity (Wildman–Crippen MR) is 64.9 cm³/mol. The lowest BCUT2D eigenvalue weighted by molar-refractivity contribution is -0.386. The molecule has 0 saturated heterocycles. The molecule has 1 aromatic heterocycles. The molecule has 8 heteroatoms. The highest BCUT2D eigenvalue weighted by Crippen LogP contribution is 2.05. The average molecular weight is 270 g/mol. The summed E-state index contributed by atoms with van der Waals surface area (Å²) in [6.07, 6.45) is 0. The van der Waals surface area contributed by atoms with Crippen LogP contribution in [0.1, 0.15) is 5.69 Å². The highest BCUT2D eigenvalue weighted by molar-refractivity contribution is 5.69. The van der Waals surface area contributed by atoms with Crippen LogP contribution in [0.4, 0.5) is 5.69 Å². The van der Waals surface area contributed by atoms with E-state index < -0.39 is 22.1 Å². The molecule has 0 spiro atoms. The third-order valence-electron chi connectivity index (χ3n) is 2.41. The summed E-state index contributed by atoms with van der Waals surface area (Å²) in [5.74, 6) is -0.650. The molecule has 0 unspecified atom stereocenters. The van der Waals surface area contributed by atoms with E-state index in [2.05, 4.69) is 0 Å². The number of hydrogen-bond acceptors (Lipinski definition) is 6. The number of aryl methyl sites for hydroxylation is 1. The number of aromatic nitrogens is 1. The monoisotopic (exact) mass is 270 g/mol. The molecule has 0 N–H and O–H groups in total. The van der Waals surface area contributed by atoms with Crippen molar-refractivity contribution in [2.75, 3.05) is 20.3 Å². The van der Waals surface area contributed by atoms with Gasteiger partial charge in [0.15, 0.2) is 0 Å². The van der Waals surface area contributed by atoms with Crippen LogP contribution in [0.3, 0.4) is 0 Å². The lowest BCUT2D eigenvalue weighted by atomic mass is 10.3. The van der Waals surface area contributed by atoms with Crippen molar-refractivity contribution < 1.29 is 19.2 Å². The lowest BCUT2D eigenvalue weighted by Crippen LogP contribution is -2.28. The van der Waals surface area contributed by atoms with Crippen molar-refractivity contribution in [1.29, 1.82) is 0 Å². The van der Waals surface area contributed by atoms with Crippen molar-refractivity contribution in [1.82, 2.24) is 4.57 Å². The molecular weight excluding hydrogens is 256 g/mol. The molecule has 19 heavy (non-hydrogen) atoms. The second-order valence-corrected chi connectivity index (χ2v) is 3.72. The number of carbonyl (C=O) groups is 1. The zero-order valence-electron chi connectivity index (χ0n) is 10.6. The Bertz CT molecular complexity index is 536. The van der Waals surface area contributed by atoms with Crippen LogP contribution in [-0.2, 0) is 20.8 Å². The molecule has 1 rings (SSSR count). The Balaban J connectivity index is 2.89. The van der Waals surface area contributed by atoms with Crippen molar-refractivity contribution in [3.05, 3.63) is 38.3 Å². The van der Waals surface area contributed by atoms with Gasteiger partial charge in [-0.1, -0.05) is 0 Å². The summed E-state index contributed by atoms with van der Waals surface area (Å²) in [7, 11) is 1.46. The predicted octanol–water partition coefficient (Wildman–Crippen LogP) is 0.255. The Morgan fingerprint density at radius 2 is 2.11 bits per heavy atom. The minimum absolute atomic E-state index is 0.0675. The van der Waals surface area contributed by atoms with E-state index in [0.717, 1.165) is 10.6 Å². The summed E-state index contributed by atoms with van der Waals surface area (Å²) >= 11 is 0. The summed E-state index contributed by atoms with van der Waals surface area (Å²) in [5.41, 5.74) is -0.955. The van der Waals surface area contributed by atoms with Crippen LogP contribution in [0, 0.1) is 17.0 Å². The Kier molecular flexibility index (Phi) is 5.19. The number of pyridine rings is 1. The SMILES string of the molecule is COCCOC(=O)Cn1c(C)ccc([N+](=O)[O-])c1=O. The third-order valence-corrected chi connectivity index (χ3v) is 2.41. The first-order chi connectivity index (χ1) is 8.97. The van der Waals surface area contributed by atoms with Crippen molar-refractivity contribution >= 4 is 11.7 Å². The summed E-state index contributed by atoms with van der Waals surface area (Å²) in [5, 5.41) is 10.6. The molecule has 0 aliphatic carbocycles. The van der Waals surface area contributed by atoms with Gasteiger partial charge in [0, 0.05) is 18.9 Å². The van der Waals surface area contributed by atoms with Crippen LogP contribution in [0.15, 0.2) is 16.9 Å². The van der Waals surface area contributed by atoms with E-state index >= 15 is 0 Å². The molecule has 0 atom stereocenters. The molecule has 0 aromatic carbocycles. The van der Waals surface area contributed by atoms with Crippen molar-refractivity contribution in [2.24, 2.45) is 0 Å². The summed E-state index contributed by atoms with van der Waals surface area (Å²) in [6.45, 7) is 1.52. The van der Waals surface area contributed by atoms with Crippen molar-refractivity contribution in [3.8, 4) is 0 Å². The Labute approximate surface area is 108 Å². The standard InChI is InChI=1S/C11H14N2O6/c1-8-3-4-9(13(16)17)11(15)12(8)7-10(14)19-6-5-18-2/h3-4H,5-7H2,1-2H3. The molecule has 0 saturated carbocycles. The smallest absolute Gasteiger partial charge is 0.334 e. The van der Waals surface area contributed by atoms with Gasteiger partial charge >= 0.3 is 17.2 Å². The largest absolute Gasteiger partial charge is 0.462 e. The highest BCUT2D eigenvalue weighted by atomic mass is 16.6. The minimum Gasteiger partial charge on any atom is -0.462 e. The fraction of sp³-hybridized carbons (Fsp3) is 0.455. The van der Waals surface area contributed by atoms with Crippen LogP contribution < -0.4 is 5.56 Å². The number of nitro groups is 1. The van der Waals surface area contributed by atoms with Crippen molar-refractivity contribution in [2.45, 2.75) is 13.5 Å². The average Bonchev–Trinajstić information content (AvgIpc) is 2.34. The number of carbonyl (C=O) groups excluding carboxylic acids is 1. The molecule has 104 valence electrons. The molecule has 0 aliphatic rings. The van der Waals surface area contributed by atoms with Gasteiger partial charge in [-0.3, -0.25) is 24.3 Å². The van der Waals surface area contributed by atoms with Gasteiger partial charge in [-0.15, -0.1) is 0 Å². The van der Waals surface area contributed by atoms with Gasteiger partial charge in [0.2, 0.25) is 0 Å². The maximum absolute atomic E-state index is 11.8. The molecule has 0 amide bonds. The number of methoxy groups -OCH3 is 1. The summed E-state index contributed by atoms with van der Waals surface area (Å²) in [6, 6.07) is 2.52. The van der Waals surface area contributed by atoms with E-state index in [4.69, 9.17) is 9.47 Å². The van der Waals surface area contributed by atoms with Gasteiger partial charge in [-0.25, -0.2) is 0 Å². The van der Waals surface area contributed by atoms with E-state index in [-0.39, 0.29) is 19.8 Å². The Hall–Kier alpha value is -2.22. The van der Waals surface area contributed by atoms with Gasteiger partial charge < -0.3 is 9.47 Å². The second kappa shape index (κ2) is 6.64. The summed E-state index contributed by atoms with van der Waals surface area (Å²) < 4.78 is 10.5. The maximum atomic E-state index is 11.8. The van der Waals surface area contributed by atoms with Crippen LogP contribution in [0.25, 0.3) is 0 Å².